The molecular weight excluding hydrogens is 249 g/mol. The van der Waals surface area contributed by atoms with Crippen LogP contribution in [0.3, 0.4) is 0 Å². The van der Waals surface area contributed by atoms with E-state index in [1.54, 1.807) is 0 Å². The van der Waals surface area contributed by atoms with E-state index < -0.39 is 0 Å². The fourth-order valence-electron chi connectivity index (χ4n) is 0.990. The van der Waals surface area contributed by atoms with Gasteiger partial charge < -0.3 is 5.73 Å². The summed E-state index contributed by atoms with van der Waals surface area (Å²) in [6, 6.07) is 5.53. The minimum Gasteiger partial charge on any atom is -0.321 e. The van der Waals surface area contributed by atoms with Crippen molar-refractivity contribution in [2.45, 2.75) is 13.0 Å². The highest BCUT2D eigenvalue weighted by molar-refractivity contribution is 9.10. The maximum atomic E-state index is 5.89. The molecular formula is C10H11BrClN. The van der Waals surface area contributed by atoms with Gasteiger partial charge in [0.15, 0.2) is 0 Å². The van der Waals surface area contributed by atoms with Gasteiger partial charge in [-0.05, 0) is 40.5 Å². The minimum absolute atomic E-state index is 0.117. The van der Waals surface area contributed by atoms with Crippen molar-refractivity contribution in [1.29, 1.82) is 0 Å². The summed E-state index contributed by atoms with van der Waals surface area (Å²) in [6.07, 6.45) is 0. The summed E-state index contributed by atoms with van der Waals surface area (Å²) < 4.78 is 0.864. The minimum atomic E-state index is -0.117. The lowest BCUT2D eigenvalue weighted by Crippen LogP contribution is -2.10. The lowest BCUT2D eigenvalue weighted by atomic mass is 10.0. The zero-order chi connectivity index (χ0) is 10.0. The Hall–Kier alpha value is -0.310. The summed E-state index contributed by atoms with van der Waals surface area (Å²) in [5, 5.41) is 0.692. The van der Waals surface area contributed by atoms with Crippen molar-refractivity contribution >= 4 is 27.5 Å². The zero-order valence-corrected chi connectivity index (χ0v) is 9.69. The van der Waals surface area contributed by atoms with E-state index >= 15 is 0 Å². The smallest absolute Gasteiger partial charge is 0.0548 e. The standard InChI is InChI=1S/C10H11BrClN/c1-6(2)10(13)7-3-4-9(12)8(11)5-7/h3-5,10H,1,13H2,2H3. The Labute approximate surface area is 91.7 Å². The molecule has 1 nitrogen and oxygen atoms in total. The molecule has 1 aromatic carbocycles. The summed E-state index contributed by atoms with van der Waals surface area (Å²) in [4.78, 5) is 0. The predicted molar refractivity (Wildman–Crippen MR) is 60.9 cm³/mol. The zero-order valence-electron chi connectivity index (χ0n) is 7.35. The van der Waals surface area contributed by atoms with Crippen LogP contribution in [0.1, 0.15) is 18.5 Å². The quantitative estimate of drug-likeness (QED) is 0.807. The van der Waals surface area contributed by atoms with Gasteiger partial charge in [-0.25, -0.2) is 0 Å². The van der Waals surface area contributed by atoms with Crippen LogP contribution in [0.15, 0.2) is 34.8 Å². The summed E-state index contributed by atoms with van der Waals surface area (Å²) in [5.41, 5.74) is 7.85. The van der Waals surface area contributed by atoms with Crippen LogP contribution < -0.4 is 5.73 Å². The molecule has 0 aliphatic carbocycles. The van der Waals surface area contributed by atoms with Gasteiger partial charge in [-0.1, -0.05) is 29.8 Å². The third-order valence-electron chi connectivity index (χ3n) is 1.83. The fourth-order valence-corrected chi connectivity index (χ4v) is 1.50. The third kappa shape index (κ3) is 2.56. The van der Waals surface area contributed by atoms with E-state index in [4.69, 9.17) is 17.3 Å². The molecule has 0 radical (unpaired) electrons. The number of hydrogen-bond acceptors (Lipinski definition) is 1. The highest BCUT2D eigenvalue weighted by Gasteiger charge is 2.07. The number of rotatable bonds is 2. The molecule has 0 aliphatic heterocycles. The van der Waals surface area contributed by atoms with Crippen LogP contribution in [0.2, 0.25) is 5.02 Å². The van der Waals surface area contributed by atoms with E-state index in [9.17, 15) is 0 Å². The van der Waals surface area contributed by atoms with Gasteiger partial charge in [-0.2, -0.15) is 0 Å². The van der Waals surface area contributed by atoms with Crippen molar-refractivity contribution in [3.63, 3.8) is 0 Å². The Bertz CT molecular complexity index is 336. The van der Waals surface area contributed by atoms with Crippen molar-refractivity contribution in [1.82, 2.24) is 0 Å². The number of nitrogens with two attached hydrogens (primary N) is 1. The largest absolute Gasteiger partial charge is 0.321 e. The van der Waals surface area contributed by atoms with E-state index in [2.05, 4.69) is 22.5 Å². The average Bonchev–Trinajstić information content (AvgIpc) is 2.08. The first-order chi connectivity index (χ1) is 6.02. The highest BCUT2D eigenvalue weighted by atomic mass is 79.9. The van der Waals surface area contributed by atoms with Crippen LogP contribution >= 0.6 is 27.5 Å². The summed E-state index contributed by atoms with van der Waals surface area (Å²) in [6.45, 7) is 5.72. The topological polar surface area (TPSA) is 26.0 Å². The van der Waals surface area contributed by atoms with Crippen molar-refractivity contribution in [2.24, 2.45) is 5.73 Å². The van der Waals surface area contributed by atoms with Crippen molar-refractivity contribution in [3.05, 3.63) is 45.4 Å². The van der Waals surface area contributed by atoms with Gasteiger partial charge in [0, 0.05) is 4.47 Å². The molecule has 1 rings (SSSR count). The van der Waals surface area contributed by atoms with Gasteiger partial charge in [-0.3, -0.25) is 0 Å². The van der Waals surface area contributed by atoms with Gasteiger partial charge in [0.05, 0.1) is 11.1 Å². The van der Waals surface area contributed by atoms with E-state index in [0.29, 0.717) is 5.02 Å². The SMILES string of the molecule is C=C(C)C(N)c1ccc(Cl)c(Br)c1. The van der Waals surface area contributed by atoms with E-state index in [-0.39, 0.29) is 6.04 Å². The Morgan fingerprint density at radius 2 is 2.23 bits per heavy atom. The average molecular weight is 261 g/mol. The summed E-state index contributed by atoms with van der Waals surface area (Å²) in [7, 11) is 0. The van der Waals surface area contributed by atoms with Gasteiger partial charge >= 0.3 is 0 Å². The maximum absolute atomic E-state index is 5.89. The molecule has 0 heterocycles. The fraction of sp³-hybridized carbons (Fsp3) is 0.200. The Kier molecular flexibility index (Phi) is 3.54. The highest BCUT2D eigenvalue weighted by Crippen LogP contribution is 2.27. The molecule has 70 valence electrons. The molecule has 1 atom stereocenters. The van der Waals surface area contributed by atoms with Crippen LogP contribution in [0.4, 0.5) is 0 Å². The second-order valence-corrected chi connectivity index (χ2v) is 4.26. The van der Waals surface area contributed by atoms with Gasteiger partial charge in [0.1, 0.15) is 0 Å². The van der Waals surface area contributed by atoms with Crippen molar-refractivity contribution < 1.29 is 0 Å². The molecule has 0 saturated heterocycles. The molecule has 0 amide bonds. The molecule has 0 aliphatic rings. The lowest BCUT2D eigenvalue weighted by molar-refractivity contribution is 0.850. The maximum Gasteiger partial charge on any atom is 0.0548 e. The van der Waals surface area contributed by atoms with Crippen molar-refractivity contribution in [3.8, 4) is 0 Å². The van der Waals surface area contributed by atoms with Gasteiger partial charge in [0.25, 0.3) is 0 Å². The first kappa shape index (κ1) is 10.8. The first-order valence-electron chi connectivity index (χ1n) is 3.88. The number of halogens is 2. The lowest BCUT2D eigenvalue weighted by Gasteiger charge is -2.12. The molecule has 2 N–H and O–H groups in total. The molecule has 0 bridgehead atoms. The van der Waals surface area contributed by atoms with E-state index in [1.165, 1.54) is 0 Å². The van der Waals surface area contributed by atoms with E-state index in [0.717, 1.165) is 15.6 Å². The monoisotopic (exact) mass is 259 g/mol. The molecule has 0 spiro atoms. The molecule has 3 heteroatoms. The van der Waals surface area contributed by atoms with Crippen molar-refractivity contribution in [2.75, 3.05) is 0 Å². The number of hydrogen-bond donors (Lipinski definition) is 1. The predicted octanol–water partition coefficient (Wildman–Crippen LogP) is 3.68. The third-order valence-corrected chi connectivity index (χ3v) is 3.05. The molecule has 0 saturated carbocycles. The van der Waals surface area contributed by atoms with Gasteiger partial charge in [0.2, 0.25) is 0 Å². The van der Waals surface area contributed by atoms with Crippen LogP contribution in [0.5, 0.6) is 0 Å². The molecule has 1 unspecified atom stereocenters. The summed E-state index contributed by atoms with van der Waals surface area (Å²) >= 11 is 9.20. The Morgan fingerprint density at radius 3 is 2.69 bits per heavy atom. The molecule has 0 aromatic heterocycles. The molecule has 13 heavy (non-hydrogen) atoms. The van der Waals surface area contributed by atoms with Crippen LogP contribution in [0.25, 0.3) is 0 Å². The number of benzene rings is 1. The normalized spacial score (nSPS) is 12.6. The Balaban J connectivity index is 3.03. The van der Waals surface area contributed by atoms with Crippen LogP contribution in [-0.2, 0) is 0 Å². The van der Waals surface area contributed by atoms with Crippen LogP contribution in [0, 0.1) is 0 Å². The Morgan fingerprint density at radius 1 is 1.62 bits per heavy atom. The second-order valence-electron chi connectivity index (χ2n) is 3.00. The molecule has 1 aromatic rings. The molecule has 0 fully saturated rings. The second kappa shape index (κ2) is 4.27. The first-order valence-corrected chi connectivity index (χ1v) is 5.05. The van der Waals surface area contributed by atoms with Crippen LogP contribution in [-0.4, -0.2) is 0 Å². The summed E-state index contributed by atoms with van der Waals surface area (Å²) in [5.74, 6) is 0. The van der Waals surface area contributed by atoms with E-state index in [1.807, 2.05) is 25.1 Å². The van der Waals surface area contributed by atoms with Gasteiger partial charge in [-0.15, -0.1) is 0 Å².